The summed E-state index contributed by atoms with van der Waals surface area (Å²) in [6.45, 7) is 7.58. The number of nitrogens with zero attached hydrogens (tertiary/aromatic N) is 1. The Kier molecular flexibility index (Phi) is 6.02. The Balaban J connectivity index is 2.69. The van der Waals surface area contributed by atoms with Crippen molar-refractivity contribution >= 4 is 17.7 Å². The number of alkyl halides is 2. The smallest absolute Gasteiger partial charge is 0.410 e. The average molecular weight is 319 g/mol. The number of carbonyl (C=O) groups excluding carboxylic acids is 3. The van der Waals surface area contributed by atoms with Crippen LogP contribution in [0.2, 0.25) is 0 Å². The molecule has 0 spiro atoms. The maximum Gasteiger partial charge on any atom is 0.410 e. The minimum absolute atomic E-state index is 0.0586. The minimum atomic E-state index is -3.13. The molecule has 1 rings (SSSR count). The molecule has 0 aromatic rings. The van der Waals surface area contributed by atoms with Crippen LogP contribution >= 0.6 is 0 Å². The number of likely N-dealkylation sites (tertiary alicyclic amines) is 1. The van der Waals surface area contributed by atoms with Crippen molar-refractivity contribution in [2.75, 3.05) is 13.1 Å². The van der Waals surface area contributed by atoms with Gasteiger partial charge in [-0.25, -0.2) is 13.6 Å². The summed E-state index contributed by atoms with van der Waals surface area (Å²) in [7, 11) is 0. The highest BCUT2D eigenvalue weighted by molar-refractivity contribution is 6.01. The number of rotatable bonds is 4. The summed E-state index contributed by atoms with van der Waals surface area (Å²) in [5.41, 5.74) is -0.648. The predicted molar refractivity (Wildman–Crippen MR) is 75.7 cm³/mol. The van der Waals surface area contributed by atoms with Crippen molar-refractivity contribution in [3.63, 3.8) is 0 Å². The van der Waals surface area contributed by atoms with Crippen LogP contribution in [0.3, 0.4) is 0 Å². The first-order valence-corrected chi connectivity index (χ1v) is 7.32. The van der Waals surface area contributed by atoms with Gasteiger partial charge in [0.05, 0.1) is 6.42 Å². The highest BCUT2D eigenvalue weighted by Crippen LogP contribution is 2.26. The third kappa shape index (κ3) is 5.35. The fourth-order valence-corrected chi connectivity index (χ4v) is 2.36. The lowest BCUT2D eigenvalue weighted by Gasteiger charge is -2.37. The summed E-state index contributed by atoms with van der Waals surface area (Å²) in [5.74, 6) is -2.57. The van der Waals surface area contributed by atoms with Gasteiger partial charge in [0.15, 0.2) is 0 Å². The van der Waals surface area contributed by atoms with Crippen molar-refractivity contribution in [3.8, 4) is 0 Å². The van der Waals surface area contributed by atoms with Crippen molar-refractivity contribution in [1.82, 2.24) is 4.90 Å². The molecular weight excluding hydrogens is 296 g/mol. The Morgan fingerprint density at radius 3 is 2.36 bits per heavy atom. The third-order valence-electron chi connectivity index (χ3n) is 3.62. The van der Waals surface area contributed by atoms with Gasteiger partial charge in [-0.1, -0.05) is 6.92 Å². The molecule has 0 aliphatic carbocycles. The standard InChI is InChI=1S/C15H23F2NO4/c1-9-5-6-18(14(21)22-15(2,3)4)8-10(9)11(19)7-12(20)13(16)17/h9-10,13H,5-8H2,1-4H3. The van der Waals surface area contributed by atoms with Gasteiger partial charge in [0.25, 0.3) is 6.43 Å². The van der Waals surface area contributed by atoms with E-state index in [1.807, 2.05) is 6.92 Å². The van der Waals surface area contributed by atoms with Crippen molar-refractivity contribution < 1.29 is 27.9 Å². The second-order valence-electron chi connectivity index (χ2n) is 6.71. The van der Waals surface area contributed by atoms with Crippen LogP contribution in [0.4, 0.5) is 13.6 Å². The SMILES string of the molecule is CC1CCN(C(=O)OC(C)(C)C)CC1C(=O)CC(=O)C(F)F. The number of piperidine rings is 1. The van der Waals surface area contributed by atoms with Crippen LogP contribution in [0.25, 0.3) is 0 Å². The van der Waals surface area contributed by atoms with Crippen LogP contribution in [-0.2, 0) is 14.3 Å². The first-order valence-electron chi connectivity index (χ1n) is 7.32. The number of halogens is 2. The van der Waals surface area contributed by atoms with E-state index in [2.05, 4.69) is 0 Å². The second kappa shape index (κ2) is 7.15. The number of ketones is 2. The van der Waals surface area contributed by atoms with Gasteiger partial charge in [-0.15, -0.1) is 0 Å². The molecule has 0 saturated carbocycles. The lowest BCUT2D eigenvalue weighted by atomic mass is 9.82. The predicted octanol–water partition coefficient (Wildman–Crippen LogP) is 2.67. The zero-order chi connectivity index (χ0) is 17.1. The second-order valence-corrected chi connectivity index (χ2v) is 6.71. The Morgan fingerprint density at radius 1 is 1.27 bits per heavy atom. The van der Waals surface area contributed by atoms with Crippen molar-refractivity contribution in [1.29, 1.82) is 0 Å². The van der Waals surface area contributed by atoms with Gasteiger partial charge in [0.1, 0.15) is 11.4 Å². The average Bonchev–Trinajstić information content (AvgIpc) is 2.36. The van der Waals surface area contributed by atoms with E-state index in [0.717, 1.165) is 0 Å². The van der Waals surface area contributed by atoms with Gasteiger partial charge in [0.2, 0.25) is 5.78 Å². The largest absolute Gasteiger partial charge is 0.444 e. The van der Waals surface area contributed by atoms with E-state index in [9.17, 15) is 23.2 Å². The number of ether oxygens (including phenoxy) is 1. The third-order valence-corrected chi connectivity index (χ3v) is 3.62. The van der Waals surface area contributed by atoms with Crippen LogP contribution in [0.15, 0.2) is 0 Å². The molecule has 126 valence electrons. The van der Waals surface area contributed by atoms with Gasteiger partial charge in [-0.2, -0.15) is 0 Å². The molecule has 1 saturated heterocycles. The molecule has 5 nitrogen and oxygen atoms in total. The molecule has 7 heteroatoms. The summed E-state index contributed by atoms with van der Waals surface area (Å²) >= 11 is 0. The Labute approximate surface area is 129 Å². The molecule has 22 heavy (non-hydrogen) atoms. The summed E-state index contributed by atoms with van der Waals surface area (Å²) in [4.78, 5) is 36.5. The van der Waals surface area contributed by atoms with Gasteiger partial charge in [-0.3, -0.25) is 9.59 Å². The highest BCUT2D eigenvalue weighted by atomic mass is 19.3. The molecule has 0 aromatic carbocycles. The Bertz CT molecular complexity index is 445. The zero-order valence-electron chi connectivity index (χ0n) is 13.4. The van der Waals surface area contributed by atoms with E-state index < -0.39 is 42.0 Å². The van der Waals surface area contributed by atoms with Crippen molar-refractivity contribution in [2.24, 2.45) is 11.8 Å². The van der Waals surface area contributed by atoms with Crippen LogP contribution in [0.1, 0.15) is 40.5 Å². The van der Waals surface area contributed by atoms with E-state index >= 15 is 0 Å². The number of amides is 1. The highest BCUT2D eigenvalue weighted by Gasteiger charge is 2.36. The number of Topliss-reactive ketones (excluding diaryl/α,β-unsaturated/α-hetero) is 2. The molecule has 0 aromatic heterocycles. The van der Waals surface area contributed by atoms with Crippen LogP contribution in [-0.4, -0.2) is 47.7 Å². The minimum Gasteiger partial charge on any atom is -0.444 e. The zero-order valence-corrected chi connectivity index (χ0v) is 13.4. The van der Waals surface area contributed by atoms with E-state index in [1.165, 1.54) is 4.90 Å². The van der Waals surface area contributed by atoms with Gasteiger partial charge < -0.3 is 9.64 Å². The topological polar surface area (TPSA) is 63.7 Å². The van der Waals surface area contributed by atoms with Crippen molar-refractivity contribution in [3.05, 3.63) is 0 Å². The van der Waals surface area contributed by atoms with Gasteiger partial charge in [-0.05, 0) is 33.1 Å². The summed E-state index contributed by atoms with van der Waals surface area (Å²) < 4.78 is 29.8. The molecule has 1 heterocycles. The van der Waals surface area contributed by atoms with E-state index in [-0.39, 0.29) is 12.5 Å². The molecule has 0 bridgehead atoms. The van der Waals surface area contributed by atoms with Gasteiger partial charge in [0, 0.05) is 19.0 Å². The molecule has 2 unspecified atom stereocenters. The molecule has 0 radical (unpaired) electrons. The summed E-state index contributed by atoms with van der Waals surface area (Å²) in [6.07, 6.45) is -3.88. The Morgan fingerprint density at radius 2 is 1.86 bits per heavy atom. The molecule has 1 aliphatic heterocycles. The summed E-state index contributed by atoms with van der Waals surface area (Å²) in [5, 5.41) is 0. The van der Waals surface area contributed by atoms with Crippen LogP contribution in [0.5, 0.6) is 0 Å². The fraction of sp³-hybridized carbons (Fsp3) is 0.800. The quantitative estimate of drug-likeness (QED) is 0.747. The monoisotopic (exact) mass is 319 g/mol. The lowest BCUT2D eigenvalue weighted by Crippen LogP contribution is -2.47. The molecule has 1 amide bonds. The maximum atomic E-state index is 12.3. The maximum absolute atomic E-state index is 12.3. The van der Waals surface area contributed by atoms with Crippen LogP contribution < -0.4 is 0 Å². The number of hydrogen-bond donors (Lipinski definition) is 0. The normalized spacial score (nSPS) is 22.6. The first-order chi connectivity index (χ1) is 10.0. The molecule has 1 aliphatic rings. The van der Waals surface area contributed by atoms with Crippen LogP contribution in [0, 0.1) is 11.8 Å². The Hall–Kier alpha value is -1.53. The number of carbonyl (C=O) groups is 3. The summed E-state index contributed by atoms with van der Waals surface area (Å²) in [6, 6.07) is 0. The van der Waals surface area contributed by atoms with Crippen molar-refractivity contribution in [2.45, 2.75) is 52.6 Å². The molecule has 0 N–H and O–H groups in total. The lowest BCUT2D eigenvalue weighted by molar-refractivity contribution is -0.136. The fourth-order valence-electron chi connectivity index (χ4n) is 2.36. The van der Waals surface area contributed by atoms with Gasteiger partial charge >= 0.3 is 6.09 Å². The molecule has 2 atom stereocenters. The molecular formula is C15H23F2NO4. The number of hydrogen-bond acceptors (Lipinski definition) is 4. The van der Waals surface area contributed by atoms with E-state index in [4.69, 9.17) is 4.74 Å². The first kappa shape index (κ1) is 18.5. The van der Waals surface area contributed by atoms with E-state index in [1.54, 1.807) is 20.8 Å². The van der Waals surface area contributed by atoms with E-state index in [0.29, 0.717) is 13.0 Å². The molecule has 1 fully saturated rings.